The molecule has 1 aromatic rings. The summed E-state index contributed by atoms with van der Waals surface area (Å²) in [5.74, 6) is 0. The Labute approximate surface area is 121 Å². The van der Waals surface area contributed by atoms with Crippen LogP contribution in [0.2, 0.25) is 0 Å². The third-order valence-electron chi connectivity index (χ3n) is 3.83. The summed E-state index contributed by atoms with van der Waals surface area (Å²) in [5.41, 5.74) is 6.73. The summed E-state index contributed by atoms with van der Waals surface area (Å²) in [7, 11) is -0.273. The van der Waals surface area contributed by atoms with Gasteiger partial charge in [0.2, 0.25) is 10.0 Å². The number of nitrogens with zero attached hydrogens (tertiary/aromatic N) is 2. The van der Waals surface area contributed by atoms with Crippen molar-refractivity contribution in [3.63, 3.8) is 0 Å². The monoisotopic (exact) mass is 297 g/mol. The van der Waals surface area contributed by atoms with Crippen molar-refractivity contribution in [1.82, 2.24) is 4.31 Å². The zero-order chi connectivity index (χ0) is 14.8. The van der Waals surface area contributed by atoms with Crippen molar-refractivity contribution in [3.8, 4) is 0 Å². The van der Waals surface area contributed by atoms with Crippen molar-refractivity contribution >= 4 is 15.7 Å². The molecule has 2 rings (SSSR count). The van der Waals surface area contributed by atoms with Crippen LogP contribution < -0.4 is 10.6 Å². The van der Waals surface area contributed by atoms with Gasteiger partial charge in [0.05, 0.1) is 4.90 Å². The van der Waals surface area contributed by atoms with E-state index in [0.717, 1.165) is 12.2 Å². The van der Waals surface area contributed by atoms with Crippen LogP contribution in [0.15, 0.2) is 29.2 Å². The van der Waals surface area contributed by atoms with Gasteiger partial charge in [0.15, 0.2) is 0 Å². The van der Waals surface area contributed by atoms with E-state index in [-0.39, 0.29) is 0 Å². The zero-order valence-electron chi connectivity index (χ0n) is 12.1. The number of anilines is 1. The summed E-state index contributed by atoms with van der Waals surface area (Å²) in [6.07, 6.45) is 3.65. The first-order chi connectivity index (χ1) is 9.46. The highest BCUT2D eigenvalue weighted by molar-refractivity contribution is 7.89. The van der Waals surface area contributed by atoms with Gasteiger partial charge in [-0.15, -0.1) is 0 Å². The number of rotatable bonds is 6. The minimum absolute atomic E-state index is 0.326. The Bertz CT molecular complexity index is 536. The number of hydrogen-bond donors (Lipinski definition) is 1. The van der Waals surface area contributed by atoms with E-state index in [2.05, 4.69) is 4.90 Å². The Morgan fingerprint density at radius 1 is 1.20 bits per heavy atom. The predicted octanol–water partition coefficient (Wildman–Crippen LogP) is 1.25. The van der Waals surface area contributed by atoms with Gasteiger partial charge in [-0.25, -0.2) is 12.7 Å². The number of hydrogen-bond acceptors (Lipinski definition) is 4. The maximum absolute atomic E-state index is 12.0. The van der Waals surface area contributed by atoms with Gasteiger partial charge in [0.25, 0.3) is 0 Å². The number of nitrogens with two attached hydrogens (primary N) is 1. The lowest BCUT2D eigenvalue weighted by atomic mass is 9.91. The first-order valence-corrected chi connectivity index (χ1v) is 8.40. The van der Waals surface area contributed by atoms with Crippen LogP contribution in [0.5, 0.6) is 0 Å². The summed E-state index contributed by atoms with van der Waals surface area (Å²) < 4.78 is 25.3. The normalized spacial score (nSPS) is 16.2. The first kappa shape index (κ1) is 15.3. The second kappa shape index (κ2) is 6.11. The molecule has 1 fully saturated rings. The molecule has 0 aromatic heterocycles. The van der Waals surface area contributed by atoms with Crippen LogP contribution in [0.3, 0.4) is 0 Å². The third-order valence-corrected chi connectivity index (χ3v) is 5.66. The topological polar surface area (TPSA) is 66.6 Å². The average molecular weight is 297 g/mol. The number of benzene rings is 1. The Morgan fingerprint density at radius 3 is 2.20 bits per heavy atom. The van der Waals surface area contributed by atoms with Crippen LogP contribution in [-0.4, -0.2) is 45.9 Å². The van der Waals surface area contributed by atoms with Gasteiger partial charge in [-0.1, -0.05) is 0 Å². The summed E-state index contributed by atoms with van der Waals surface area (Å²) >= 11 is 0. The van der Waals surface area contributed by atoms with E-state index in [4.69, 9.17) is 5.73 Å². The Morgan fingerprint density at radius 2 is 1.80 bits per heavy atom. The Hall–Kier alpha value is -1.11. The third kappa shape index (κ3) is 2.97. The maximum atomic E-state index is 12.0. The molecule has 0 spiro atoms. The van der Waals surface area contributed by atoms with Gasteiger partial charge in [0, 0.05) is 38.9 Å². The van der Waals surface area contributed by atoms with Crippen molar-refractivity contribution in [1.29, 1.82) is 0 Å². The molecule has 0 unspecified atom stereocenters. The largest absolute Gasteiger partial charge is 0.367 e. The predicted molar refractivity (Wildman–Crippen MR) is 81.4 cm³/mol. The molecule has 20 heavy (non-hydrogen) atoms. The SMILES string of the molecule is CN(C)S(=O)(=O)c1ccc(N(CCN)C2CCC2)cc1. The van der Waals surface area contributed by atoms with Crippen molar-refractivity contribution < 1.29 is 8.42 Å². The molecule has 0 radical (unpaired) electrons. The quantitative estimate of drug-likeness (QED) is 0.858. The molecule has 5 nitrogen and oxygen atoms in total. The van der Waals surface area contributed by atoms with Crippen molar-refractivity contribution in [2.24, 2.45) is 5.73 Å². The molecule has 0 heterocycles. The maximum Gasteiger partial charge on any atom is 0.242 e. The molecule has 1 saturated carbocycles. The minimum atomic E-state index is -3.35. The highest BCUT2D eigenvalue weighted by Crippen LogP contribution is 2.30. The van der Waals surface area contributed by atoms with E-state index >= 15 is 0 Å². The van der Waals surface area contributed by atoms with Gasteiger partial charge in [-0.05, 0) is 43.5 Å². The fourth-order valence-corrected chi connectivity index (χ4v) is 3.28. The fraction of sp³-hybridized carbons (Fsp3) is 0.571. The molecule has 1 aromatic carbocycles. The molecule has 112 valence electrons. The van der Waals surface area contributed by atoms with Crippen LogP contribution in [0.1, 0.15) is 19.3 Å². The van der Waals surface area contributed by atoms with E-state index < -0.39 is 10.0 Å². The van der Waals surface area contributed by atoms with Crippen LogP contribution in [-0.2, 0) is 10.0 Å². The summed E-state index contributed by atoms with van der Waals surface area (Å²) in [4.78, 5) is 2.61. The molecular formula is C14H23N3O2S. The molecule has 0 atom stereocenters. The summed E-state index contributed by atoms with van der Waals surface area (Å²) in [6.45, 7) is 1.42. The summed E-state index contributed by atoms with van der Waals surface area (Å²) in [6, 6.07) is 7.66. The van der Waals surface area contributed by atoms with Crippen LogP contribution >= 0.6 is 0 Å². The highest BCUT2D eigenvalue weighted by atomic mass is 32.2. The van der Waals surface area contributed by atoms with E-state index in [1.54, 1.807) is 26.2 Å². The highest BCUT2D eigenvalue weighted by Gasteiger charge is 2.25. The first-order valence-electron chi connectivity index (χ1n) is 6.96. The van der Waals surface area contributed by atoms with Gasteiger partial charge in [-0.3, -0.25) is 0 Å². The smallest absolute Gasteiger partial charge is 0.242 e. The zero-order valence-corrected chi connectivity index (χ0v) is 12.9. The molecule has 1 aliphatic carbocycles. The molecule has 0 amide bonds. The second-order valence-electron chi connectivity index (χ2n) is 5.35. The number of sulfonamides is 1. The molecule has 1 aliphatic rings. The van der Waals surface area contributed by atoms with Crippen molar-refractivity contribution in [2.75, 3.05) is 32.1 Å². The van der Waals surface area contributed by atoms with Crippen molar-refractivity contribution in [3.05, 3.63) is 24.3 Å². The molecule has 0 aliphatic heterocycles. The molecular weight excluding hydrogens is 274 g/mol. The van der Waals surface area contributed by atoms with E-state index in [1.807, 2.05) is 12.1 Å². The van der Waals surface area contributed by atoms with E-state index in [1.165, 1.54) is 23.6 Å². The fourth-order valence-electron chi connectivity index (χ4n) is 2.38. The Balaban J connectivity index is 2.22. The van der Waals surface area contributed by atoms with Crippen molar-refractivity contribution in [2.45, 2.75) is 30.2 Å². The standard InChI is InChI=1S/C14H23N3O2S/c1-16(2)20(18,19)14-8-6-13(7-9-14)17(11-10-15)12-4-3-5-12/h6-9,12H,3-5,10-11,15H2,1-2H3. The van der Waals surface area contributed by atoms with Crippen LogP contribution in [0.25, 0.3) is 0 Å². The van der Waals surface area contributed by atoms with E-state index in [9.17, 15) is 8.42 Å². The van der Waals surface area contributed by atoms with E-state index in [0.29, 0.717) is 17.5 Å². The lowest BCUT2D eigenvalue weighted by molar-refractivity contribution is 0.388. The minimum Gasteiger partial charge on any atom is -0.367 e. The second-order valence-corrected chi connectivity index (χ2v) is 7.50. The van der Waals surface area contributed by atoms with Gasteiger partial charge >= 0.3 is 0 Å². The molecule has 6 heteroatoms. The lowest BCUT2D eigenvalue weighted by Crippen LogP contribution is -2.43. The van der Waals surface area contributed by atoms with Gasteiger partial charge in [-0.2, -0.15) is 0 Å². The summed E-state index contributed by atoms with van der Waals surface area (Å²) in [5, 5.41) is 0. The van der Waals surface area contributed by atoms with Crippen LogP contribution in [0, 0.1) is 0 Å². The molecule has 2 N–H and O–H groups in total. The van der Waals surface area contributed by atoms with Gasteiger partial charge in [0.1, 0.15) is 0 Å². The van der Waals surface area contributed by atoms with Crippen LogP contribution in [0.4, 0.5) is 5.69 Å². The average Bonchev–Trinajstić information content (AvgIpc) is 2.36. The molecule has 0 saturated heterocycles. The Kier molecular flexibility index (Phi) is 4.67. The van der Waals surface area contributed by atoms with Gasteiger partial charge < -0.3 is 10.6 Å². The molecule has 0 bridgehead atoms. The lowest BCUT2D eigenvalue weighted by Gasteiger charge is -2.39.